The van der Waals surface area contributed by atoms with Crippen molar-refractivity contribution in [1.29, 1.82) is 5.26 Å². The van der Waals surface area contributed by atoms with E-state index in [1.165, 1.54) is 21.6 Å². The molecule has 6 rings (SSSR count). The second-order valence-corrected chi connectivity index (χ2v) is 8.82. The second-order valence-electron chi connectivity index (χ2n) is 8.82. The first kappa shape index (κ1) is 21.6. The van der Waals surface area contributed by atoms with E-state index >= 15 is 0 Å². The van der Waals surface area contributed by atoms with Crippen LogP contribution in [0.25, 0.3) is 10.9 Å². The van der Waals surface area contributed by atoms with Crippen LogP contribution in [-0.4, -0.2) is 10.5 Å². The molecule has 0 saturated heterocycles. The number of para-hydroxylation sites is 2. The molecule has 0 fully saturated rings. The minimum atomic E-state index is -1.79. The summed E-state index contributed by atoms with van der Waals surface area (Å²) in [7, 11) is 1.62. The minimum Gasteiger partial charge on any atom is -0.439 e. The smallest absolute Gasteiger partial charge is 0.259 e. The number of nitrogens with zero attached hydrogens (tertiary/aromatic N) is 3. The van der Waals surface area contributed by atoms with E-state index < -0.39 is 16.9 Å². The zero-order chi connectivity index (χ0) is 25.2. The van der Waals surface area contributed by atoms with E-state index in [0.29, 0.717) is 27.7 Å². The van der Waals surface area contributed by atoms with Crippen LogP contribution >= 0.6 is 0 Å². The zero-order valence-corrected chi connectivity index (χ0v) is 19.2. The molecular formula is C28H19FN4O3. The molecule has 3 aromatic carbocycles. The van der Waals surface area contributed by atoms with Gasteiger partial charge in [-0.2, -0.15) is 5.26 Å². The van der Waals surface area contributed by atoms with Gasteiger partial charge in [-0.1, -0.05) is 42.5 Å². The number of benzene rings is 3. The fraction of sp³-hybridized carbons (Fsp3) is 0.107. The number of amides is 1. The lowest BCUT2D eigenvalue weighted by Gasteiger charge is -2.34. The fourth-order valence-electron chi connectivity index (χ4n) is 5.38. The average Bonchev–Trinajstić information content (AvgIpc) is 3.12. The molecular weight excluding hydrogens is 459 g/mol. The van der Waals surface area contributed by atoms with Gasteiger partial charge >= 0.3 is 0 Å². The van der Waals surface area contributed by atoms with Crippen LogP contribution in [0.4, 0.5) is 10.1 Å². The molecule has 2 N–H and O–H groups in total. The number of hydrogen-bond donors (Lipinski definition) is 1. The molecule has 1 aromatic heterocycles. The van der Waals surface area contributed by atoms with Gasteiger partial charge in [0.1, 0.15) is 23.2 Å². The summed E-state index contributed by atoms with van der Waals surface area (Å²) in [6.45, 7) is 0.112. The number of aryl methyl sites for hydroxylation is 1. The third-order valence-electron chi connectivity index (χ3n) is 6.99. The monoisotopic (exact) mass is 478 g/mol. The summed E-state index contributed by atoms with van der Waals surface area (Å²) in [5.74, 6) is -0.948. The van der Waals surface area contributed by atoms with Crippen LogP contribution in [0, 0.1) is 17.1 Å². The predicted octanol–water partition coefficient (Wildman–Crippen LogP) is 3.60. The number of pyridine rings is 1. The molecule has 0 saturated carbocycles. The van der Waals surface area contributed by atoms with Crippen LogP contribution in [0.3, 0.4) is 0 Å². The van der Waals surface area contributed by atoms with Crippen molar-refractivity contribution < 1.29 is 13.9 Å². The Hall–Kier alpha value is -4.90. The number of fused-ring (bicyclic) bond motifs is 6. The van der Waals surface area contributed by atoms with E-state index in [9.17, 15) is 19.2 Å². The van der Waals surface area contributed by atoms with E-state index in [4.69, 9.17) is 10.5 Å². The first-order valence-electron chi connectivity index (χ1n) is 11.3. The van der Waals surface area contributed by atoms with E-state index in [0.717, 1.165) is 0 Å². The van der Waals surface area contributed by atoms with Gasteiger partial charge in [0.25, 0.3) is 5.56 Å². The standard InChI is InChI=1S/C28H19FN4O3/c1-32-21-8-4-2-6-18(21)24-23(26(32)34)28(20(14-30)25(31)36-24)19-7-3-5-9-22(19)33(27(28)35)15-16-10-12-17(29)13-11-16/h2-13H,15,31H2,1H3/t28-/m0/s1. The predicted molar refractivity (Wildman–Crippen MR) is 131 cm³/mol. The molecule has 4 aromatic rings. The SMILES string of the molecule is Cn1c(=O)c2c(c3ccccc31)OC(N)=C(C#N)[C@]21C(=O)N(Cc2ccc(F)cc2)c2ccccc21. The molecule has 1 spiro atoms. The number of anilines is 1. The van der Waals surface area contributed by atoms with Gasteiger partial charge in [-0.3, -0.25) is 9.59 Å². The summed E-state index contributed by atoms with van der Waals surface area (Å²) >= 11 is 0. The van der Waals surface area contributed by atoms with Gasteiger partial charge in [0.15, 0.2) is 5.41 Å². The highest BCUT2D eigenvalue weighted by molar-refractivity contribution is 6.14. The molecule has 7 nitrogen and oxygen atoms in total. The van der Waals surface area contributed by atoms with Gasteiger partial charge < -0.3 is 19.9 Å². The Morgan fingerprint density at radius 1 is 1.03 bits per heavy atom. The van der Waals surface area contributed by atoms with E-state index in [2.05, 4.69) is 6.07 Å². The van der Waals surface area contributed by atoms with Crippen molar-refractivity contribution in [3.05, 3.63) is 117 Å². The van der Waals surface area contributed by atoms with Crippen molar-refractivity contribution in [3.63, 3.8) is 0 Å². The number of nitriles is 1. The molecule has 0 bridgehead atoms. The van der Waals surface area contributed by atoms with Crippen LogP contribution in [0.5, 0.6) is 5.75 Å². The van der Waals surface area contributed by atoms with Crippen LogP contribution < -0.4 is 20.9 Å². The van der Waals surface area contributed by atoms with Crippen LogP contribution in [0.15, 0.2) is 89.0 Å². The Morgan fingerprint density at radius 3 is 2.47 bits per heavy atom. The molecule has 1 atom stereocenters. The number of carbonyl (C=O) groups is 1. The third kappa shape index (κ3) is 2.65. The molecule has 2 aliphatic heterocycles. The molecule has 176 valence electrons. The quantitative estimate of drug-likeness (QED) is 0.475. The highest BCUT2D eigenvalue weighted by Gasteiger charge is 2.60. The Labute approximate surface area is 205 Å². The van der Waals surface area contributed by atoms with Gasteiger partial charge in [0.05, 0.1) is 17.6 Å². The topological polar surface area (TPSA) is 101 Å². The van der Waals surface area contributed by atoms with E-state index in [-0.39, 0.29) is 35.1 Å². The van der Waals surface area contributed by atoms with Crippen molar-refractivity contribution in [2.75, 3.05) is 4.90 Å². The van der Waals surface area contributed by atoms with Crippen molar-refractivity contribution in [1.82, 2.24) is 4.57 Å². The minimum absolute atomic E-state index is 0.0495. The van der Waals surface area contributed by atoms with Crippen molar-refractivity contribution in [2.45, 2.75) is 12.0 Å². The second kappa shape index (κ2) is 7.55. The molecule has 0 radical (unpaired) electrons. The van der Waals surface area contributed by atoms with Gasteiger partial charge in [-0.05, 0) is 35.9 Å². The van der Waals surface area contributed by atoms with E-state index in [1.54, 1.807) is 67.7 Å². The highest BCUT2D eigenvalue weighted by atomic mass is 19.1. The molecule has 2 aliphatic rings. The molecule has 8 heteroatoms. The summed E-state index contributed by atoms with van der Waals surface area (Å²) in [5.41, 5.74) is 6.24. The maximum absolute atomic E-state index is 14.5. The van der Waals surface area contributed by atoms with Crippen molar-refractivity contribution in [3.8, 4) is 11.8 Å². The lowest BCUT2D eigenvalue weighted by molar-refractivity contribution is -0.121. The van der Waals surface area contributed by atoms with Gasteiger partial charge in [-0.15, -0.1) is 0 Å². The van der Waals surface area contributed by atoms with Crippen LogP contribution in [0.1, 0.15) is 16.7 Å². The van der Waals surface area contributed by atoms with Crippen LogP contribution in [0.2, 0.25) is 0 Å². The van der Waals surface area contributed by atoms with Gasteiger partial charge in [0, 0.05) is 23.7 Å². The summed E-state index contributed by atoms with van der Waals surface area (Å²) in [6, 6.07) is 22.1. The van der Waals surface area contributed by atoms with Gasteiger partial charge in [-0.25, -0.2) is 4.39 Å². The Kier molecular flexibility index (Phi) is 4.53. The average molecular weight is 478 g/mol. The van der Waals surface area contributed by atoms with Crippen LogP contribution in [-0.2, 0) is 23.8 Å². The van der Waals surface area contributed by atoms with E-state index in [1.807, 2.05) is 0 Å². The molecule has 3 heterocycles. The molecule has 0 unspecified atom stereocenters. The summed E-state index contributed by atoms with van der Waals surface area (Å²) in [6.07, 6.45) is 0. The molecule has 1 amide bonds. The highest BCUT2D eigenvalue weighted by Crippen LogP contribution is 2.55. The normalized spacial score (nSPS) is 18.2. The Morgan fingerprint density at radius 2 is 1.72 bits per heavy atom. The maximum Gasteiger partial charge on any atom is 0.259 e. The summed E-state index contributed by atoms with van der Waals surface area (Å²) in [5, 5.41) is 10.8. The summed E-state index contributed by atoms with van der Waals surface area (Å²) < 4.78 is 20.9. The largest absolute Gasteiger partial charge is 0.439 e. The third-order valence-corrected chi connectivity index (χ3v) is 6.99. The first-order valence-corrected chi connectivity index (χ1v) is 11.3. The Balaban J connectivity index is 1.71. The lowest BCUT2D eigenvalue weighted by atomic mass is 9.69. The number of aromatic nitrogens is 1. The number of hydrogen-bond acceptors (Lipinski definition) is 5. The number of nitrogens with two attached hydrogens (primary N) is 1. The summed E-state index contributed by atoms with van der Waals surface area (Å²) in [4.78, 5) is 29.9. The number of carbonyl (C=O) groups excluding carboxylic acids is 1. The number of ether oxygens (including phenoxy) is 1. The zero-order valence-electron chi connectivity index (χ0n) is 19.2. The van der Waals surface area contributed by atoms with Crippen molar-refractivity contribution in [2.24, 2.45) is 12.8 Å². The Bertz CT molecular complexity index is 1730. The lowest BCUT2D eigenvalue weighted by Crippen LogP contribution is -2.49. The number of halogens is 1. The first-order chi connectivity index (χ1) is 17.4. The fourth-order valence-corrected chi connectivity index (χ4v) is 5.38. The molecule has 36 heavy (non-hydrogen) atoms. The van der Waals surface area contributed by atoms with Crippen molar-refractivity contribution >= 4 is 22.5 Å². The van der Waals surface area contributed by atoms with Gasteiger partial charge in [0.2, 0.25) is 11.8 Å². The molecule has 0 aliphatic carbocycles. The maximum atomic E-state index is 14.5. The number of rotatable bonds is 2.